The van der Waals surface area contributed by atoms with Gasteiger partial charge in [0.15, 0.2) is 0 Å². The summed E-state index contributed by atoms with van der Waals surface area (Å²) in [6.45, 7) is 4.02. The van der Waals surface area contributed by atoms with Crippen LogP contribution in [0.4, 0.5) is 0 Å². The fourth-order valence-electron chi connectivity index (χ4n) is 3.43. The van der Waals surface area contributed by atoms with Crippen molar-refractivity contribution in [3.63, 3.8) is 0 Å². The molecule has 7 heteroatoms. The van der Waals surface area contributed by atoms with E-state index < -0.39 is 10.2 Å². The quantitative estimate of drug-likeness (QED) is 0.805. The van der Waals surface area contributed by atoms with Gasteiger partial charge in [-0.05, 0) is 50.4 Å². The van der Waals surface area contributed by atoms with E-state index in [1.54, 1.807) is 0 Å². The maximum absolute atomic E-state index is 12.6. The highest BCUT2D eigenvalue weighted by molar-refractivity contribution is 7.87. The minimum atomic E-state index is -3.64. The maximum Gasteiger partial charge on any atom is 0.274 e. The summed E-state index contributed by atoms with van der Waals surface area (Å²) in [7, 11) is -3.64. The van der Waals surface area contributed by atoms with Crippen LogP contribution >= 0.6 is 0 Å². The molecule has 1 amide bonds. The number of carbonyl (C=O) groups excluding carboxylic acids is 1. The molecule has 0 aromatic heterocycles. The van der Waals surface area contributed by atoms with Crippen molar-refractivity contribution < 1.29 is 13.2 Å². The minimum Gasteiger partial charge on any atom is -0.342 e. The Bertz CT molecular complexity index is 458. The topological polar surface area (TPSA) is 92.5 Å². The molecule has 0 spiro atoms. The molecule has 0 aromatic rings. The predicted octanol–water partition coefficient (Wildman–Crippen LogP) is 0.844. The predicted molar refractivity (Wildman–Crippen MR) is 81.5 cm³/mol. The van der Waals surface area contributed by atoms with E-state index in [0.717, 1.165) is 51.0 Å². The van der Waals surface area contributed by atoms with E-state index in [1.165, 1.54) is 0 Å². The van der Waals surface area contributed by atoms with Crippen LogP contribution in [0.3, 0.4) is 0 Å². The molecule has 3 N–H and O–H groups in total. The smallest absolute Gasteiger partial charge is 0.274 e. The third-order valence-electron chi connectivity index (χ3n) is 4.77. The van der Waals surface area contributed by atoms with Crippen molar-refractivity contribution in [1.82, 2.24) is 9.62 Å². The first-order valence-corrected chi connectivity index (χ1v) is 9.46. The second kappa shape index (κ2) is 7.07. The highest BCUT2D eigenvalue weighted by atomic mass is 32.2. The lowest BCUT2D eigenvalue weighted by atomic mass is 9.82. The van der Waals surface area contributed by atoms with Gasteiger partial charge in [-0.1, -0.05) is 6.92 Å². The normalized spacial score (nSPS) is 31.1. The Morgan fingerprint density at radius 3 is 2.52 bits per heavy atom. The first-order chi connectivity index (χ1) is 9.85. The summed E-state index contributed by atoms with van der Waals surface area (Å²) in [6, 6.07) is 0. The third-order valence-corrected chi connectivity index (χ3v) is 5.34. The van der Waals surface area contributed by atoms with E-state index in [-0.39, 0.29) is 17.7 Å². The Kier molecular flexibility index (Phi) is 5.62. The number of carbonyl (C=O) groups is 1. The van der Waals surface area contributed by atoms with Crippen molar-refractivity contribution in [3.8, 4) is 0 Å². The van der Waals surface area contributed by atoms with Crippen molar-refractivity contribution in [1.29, 1.82) is 0 Å². The van der Waals surface area contributed by atoms with Crippen molar-refractivity contribution >= 4 is 16.1 Å². The van der Waals surface area contributed by atoms with Crippen LogP contribution in [-0.4, -0.2) is 38.9 Å². The summed E-state index contributed by atoms with van der Waals surface area (Å²) in [5, 5.41) is 4.96. The van der Waals surface area contributed by atoms with E-state index in [0.29, 0.717) is 13.1 Å². The standard InChI is InChI=1S/C14H27N3O3S/c1-11-4-6-13(7-5-11)14(18)17-8-2-3-12(10-17)9-16-21(15,19)20/h11-13,16H,2-10H2,1H3,(H2,15,19,20). The molecule has 1 aliphatic heterocycles. The van der Waals surface area contributed by atoms with Crippen LogP contribution in [0.5, 0.6) is 0 Å². The summed E-state index contributed by atoms with van der Waals surface area (Å²) >= 11 is 0. The molecular formula is C14H27N3O3S. The molecule has 0 aromatic carbocycles. The number of likely N-dealkylation sites (tertiary alicyclic amines) is 1. The molecule has 2 rings (SSSR count). The van der Waals surface area contributed by atoms with Gasteiger partial charge in [-0.15, -0.1) is 0 Å². The monoisotopic (exact) mass is 317 g/mol. The summed E-state index contributed by atoms with van der Waals surface area (Å²) in [5.41, 5.74) is 0. The number of nitrogens with two attached hydrogens (primary N) is 1. The van der Waals surface area contributed by atoms with Crippen molar-refractivity contribution in [2.24, 2.45) is 22.9 Å². The number of nitrogens with one attached hydrogen (secondary N) is 1. The number of hydrogen-bond acceptors (Lipinski definition) is 3. The Hall–Kier alpha value is -0.660. The molecule has 1 atom stereocenters. The molecule has 1 unspecified atom stereocenters. The van der Waals surface area contributed by atoms with Gasteiger partial charge in [0, 0.05) is 25.6 Å². The molecule has 0 radical (unpaired) electrons. The Labute approximate surface area is 127 Å². The molecule has 6 nitrogen and oxygen atoms in total. The zero-order chi connectivity index (χ0) is 15.5. The number of rotatable bonds is 4. The highest BCUT2D eigenvalue weighted by Crippen LogP contribution is 2.30. The average molecular weight is 317 g/mol. The number of amides is 1. The summed E-state index contributed by atoms with van der Waals surface area (Å²) < 4.78 is 24.3. The van der Waals surface area contributed by atoms with Crippen molar-refractivity contribution in [2.75, 3.05) is 19.6 Å². The van der Waals surface area contributed by atoms with E-state index in [9.17, 15) is 13.2 Å². The molecule has 1 saturated carbocycles. The second-order valence-corrected chi connectivity index (χ2v) is 8.02. The fraction of sp³-hybridized carbons (Fsp3) is 0.929. The van der Waals surface area contributed by atoms with E-state index in [1.807, 2.05) is 4.90 Å². The zero-order valence-electron chi connectivity index (χ0n) is 12.8. The summed E-state index contributed by atoms with van der Waals surface area (Å²) in [5.74, 6) is 1.35. The van der Waals surface area contributed by atoms with Gasteiger partial charge in [-0.25, -0.2) is 9.86 Å². The molecule has 1 saturated heterocycles. The summed E-state index contributed by atoms with van der Waals surface area (Å²) in [6.07, 6.45) is 6.15. The van der Waals surface area contributed by atoms with Gasteiger partial charge in [0.2, 0.25) is 5.91 Å². The van der Waals surface area contributed by atoms with Gasteiger partial charge in [0.05, 0.1) is 0 Å². The second-order valence-electron chi connectivity index (χ2n) is 6.64. The lowest BCUT2D eigenvalue weighted by Gasteiger charge is -2.36. The molecule has 122 valence electrons. The fourth-order valence-corrected chi connectivity index (χ4v) is 3.90. The average Bonchev–Trinajstić information content (AvgIpc) is 2.45. The van der Waals surface area contributed by atoms with Gasteiger partial charge in [0.1, 0.15) is 0 Å². The van der Waals surface area contributed by atoms with Crippen molar-refractivity contribution in [2.45, 2.75) is 45.4 Å². The van der Waals surface area contributed by atoms with E-state index in [2.05, 4.69) is 11.6 Å². The van der Waals surface area contributed by atoms with Crippen LogP contribution in [0.2, 0.25) is 0 Å². The molecule has 21 heavy (non-hydrogen) atoms. The van der Waals surface area contributed by atoms with Gasteiger partial charge >= 0.3 is 0 Å². The summed E-state index contributed by atoms with van der Waals surface area (Å²) in [4.78, 5) is 14.5. The lowest BCUT2D eigenvalue weighted by molar-refractivity contribution is -0.138. The Balaban J connectivity index is 1.84. The molecule has 1 heterocycles. The van der Waals surface area contributed by atoms with Gasteiger partial charge in [-0.2, -0.15) is 8.42 Å². The van der Waals surface area contributed by atoms with Gasteiger partial charge in [0.25, 0.3) is 10.2 Å². The first-order valence-electron chi connectivity index (χ1n) is 7.91. The number of piperidine rings is 1. The van der Waals surface area contributed by atoms with Crippen LogP contribution in [0, 0.1) is 17.8 Å². The number of hydrogen-bond donors (Lipinski definition) is 2. The lowest BCUT2D eigenvalue weighted by Crippen LogP contribution is -2.46. The van der Waals surface area contributed by atoms with Crippen molar-refractivity contribution in [3.05, 3.63) is 0 Å². The van der Waals surface area contributed by atoms with E-state index >= 15 is 0 Å². The SMILES string of the molecule is CC1CCC(C(=O)N2CCCC(CNS(N)(=O)=O)C2)CC1. The molecule has 1 aliphatic carbocycles. The van der Waals surface area contributed by atoms with Crippen LogP contribution < -0.4 is 9.86 Å². The van der Waals surface area contributed by atoms with Crippen LogP contribution in [0.25, 0.3) is 0 Å². The maximum atomic E-state index is 12.6. The number of nitrogens with zero attached hydrogens (tertiary/aromatic N) is 1. The largest absolute Gasteiger partial charge is 0.342 e. The Morgan fingerprint density at radius 2 is 1.90 bits per heavy atom. The van der Waals surface area contributed by atoms with Crippen LogP contribution in [0.1, 0.15) is 45.4 Å². The molecule has 2 fully saturated rings. The first kappa shape index (κ1) is 16.7. The van der Waals surface area contributed by atoms with Gasteiger partial charge in [-0.3, -0.25) is 4.79 Å². The molecule has 2 aliphatic rings. The van der Waals surface area contributed by atoms with Crippen LogP contribution in [-0.2, 0) is 15.0 Å². The van der Waals surface area contributed by atoms with Gasteiger partial charge < -0.3 is 4.90 Å². The molecular weight excluding hydrogens is 290 g/mol. The van der Waals surface area contributed by atoms with E-state index in [4.69, 9.17) is 5.14 Å². The third kappa shape index (κ3) is 5.23. The van der Waals surface area contributed by atoms with Crippen LogP contribution in [0.15, 0.2) is 0 Å². The Morgan fingerprint density at radius 1 is 1.24 bits per heavy atom. The molecule has 0 bridgehead atoms. The highest BCUT2D eigenvalue weighted by Gasteiger charge is 2.31. The minimum absolute atomic E-state index is 0.170. The zero-order valence-corrected chi connectivity index (χ0v) is 13.6.